The lowest BCUT2D eigenvalue weighted by Crippen LogP contribution is -2.48. The zero-order valence-electron chi connectivity index (χ0n) is 14.4. The molecular weight excluding hydrogens is 389 g/mol. The maximum atomic E-state index is 12.7. The molecule has 1 saturated heterocycles. The molecule has 0 bridgehead atoms. The highest BCUT2D eigenvalue weighted by atomic mass is 35.5. The van der Waals surface area contributed by atoms with Gasteiger partial charge in [-0.05, 0) is 48.1 Å². The Labute approximate surface area is 170 Å². The Morgan fingerprint density at radius 1 is 1.31 bits per heavy atom. The van der Waals surface area contributed by atoms with Crippen LogP contribution >= 0.6 is 35.8 Å². The summed E-state index contributed by atoms with van der Waals surface area (Å²) in [5, 5.41) is 4.12. The number of aromatic nitrogens is 1. The highest BCUT2D eigenvalue weighted by Gasteiger charge is 2.27. The number of thioether (sulfide) groups is 1. The molecule has 140 valence electrons. The molecule has 0 saturated carbocycles. The summed E-state index contributed by atoms with van der Waals surface area (Å²) in [6.45, 7) is 2.39. The second-order valence-electron chi connectivity index (χ2n) is 6.00. The summed E-state index contributed by atoms with van der Waals surface area (Å²) in [5.41, 5.74) is 1.10. The first kappa shape index (κ1) is 21.0. The number of amides is 1. The molecule has 1 amide bonds. The van der Waals surface area contributed by atoms with E-state index in [2.05, 4.69) is 10.3 Å². The number of carbonyl (C=O) groups is 1. The molecule has 1 N–H and O–H groups in total. The Balaban J connectivity index is 0.00000243. The van der Waals surface area contributed by atoms with E-state index in [9.17, 15) is 4.79 Å². The molecule has 2 heterocycles. The summed E-state index contributed by atoms with van der Waals surface area (Å²) in [6.07, 6.45) is 5.07. The van der Waals surface area contributed by atoms with E-state index >= 15 is 0 Å². The highest BCUT2D eigenvalue weighted by molar-refractivity contribution is 7.99. The number of pyridine rings is 1. The first-order valence-corrected chi connectivity index (χ1v) is 9.89. The number of halogens is 2. The third-order valence-corrected chi connectivity index (χ3v) is 5.60. The molecule has 7 heteroatoms. The van der Waals surface area contributed by atoms with Crippen LogP contribution in [0.1, 0.15) is 24.4 Å². The topological polar surface area (TPSA) is 45.2 Å². The van der Waals surface area contributed by atoms with Gasteiger partial charge in [-0.2, -0.15) is 0 Å². The summed E-state index contributed by atoms with van der Waals surface area (Å²) in [5.74, 6) is 1.16. The van der Waals surface area contributed by atoms with E-state index in [-0.39, 0.29) is 24.4 Å². The van der Waals surface area contributed by atoms with Crippen molar-refractivity contribution >= 4 is 41.7 Å². The Bertz CT molecular complexity index is 685. The normalized spacial score (nSPS) is 16.8. The van der Waals surface area contributed by atoms with Gasteiger partial charge in [0, 0.05) is 48.4 Å². The number of rotatable bonds is 6. The van der Waals surface area contributed by atoms with Gasteiger partial charge in [-0.15, -0.1) is 24.2 Å². The van der Waals surface area contributed by atoms with Crippen LogP contribution in [-0.2, 0) is 4.79 Å². The van der Waals surface area contributed by atoms with Gasteiger partial charge in [0.1, 0.15) is 0 Å². The number of carbonyl (C=O) groups excluding carboxylic acids is 1. The van der Waals surface area contributed by atoms with Crippen molar-refractivity contribution in [2.24, 2.45) is 0 Å². The summed E-state index contributed by atoms with van der Waals surface area (Å²) >= 11 is 7.66. The number of piperazine rings is 1. The number of hydrogen-bond donors (Lipinski definition) is 1. The quantitative estimate of drug-likeness (QED) is 0.571. The smallest absolute Gasteiger partial charge is 0.223 e. The fourth-order valence-electron chi connectivity index (χ4n) is 2.96. The van der Waals surface area contributed by atoms with Crippen LogP contribution in [0.2, 0.25) is 5.02 Å². The van der Waals surface area contributed by atoms with Crippen LogP contribution in [-0.4, -0.2) is 41.2 Å². The van der Waals surface area contributed by atoms with Gasteiger partial charge in [-0.1, -0.05) is 17.7 Å². The van der Waals surface area contributed by atoms with Crippen molar-refractivity contribution in [1.82, 2.24) is 15.2 Å². The van der Waals surface area contributed by atoms with Crippen LogP contribution in [0.3, 0.4) is 0 Å². The van der Waals surface area contributed by atoms with Gasteiger partial charge >= 0.3 is 0 Å². The zero-order valence-corrected chi connectivity index (χ0v) is 16.8. The van der Waals surface area contributed by atoms with Gasteiger partial charge < -0.3 is 10.2 Å². The Hall–Kier alpha value is -1.27. The van der Waals surface area contributed by atoms with E-state index in [4.69, 9.17) is 11.6 Å². The molecule has 1 unspecified atom stereocenters. The minimum atomic E-state index is 0. The molecule has 0 aliphatic carbocycles. The molecule has 1 aliphatic heterocycles. The maximum absolute atomic E-state index is 12.7. The van der Waals surface area contributed by atoms with Crippen molar-refractivity contribution < 1.29 is 4.79 Å². The third kappa shape index (κ3) is 5.88. The van der Waals surface area contributed by atoms with Gasteiger partial charge in [-0.3, -0.25) is 9.78 Å². The van der Waals surface area contributed by atoms with Crippen molar-refractivity contribution in [2.75, 3.05) is 25.4 Å². The lowest BCUT2D eigenvalue weighted by molar-refractivity contribution is -0.134. The minimum Gasteiger partial charge on any atom is -0.333 e. The monoisotopic (exact) mass is 411 g/mol. The first-order valence-electron chi connectivity index (χ1n) is 8.52. The molecule has 3 rings (SSSR count). The lowest BCUT2D eigenvalue weighted by Gasteiger charge is -2.36. The maximum Gasteiger partial charge on any atom is 0.223 e. The summed E-state index contributed by atoms with van der Waals surface area (Å²) in [6, 6.07) is 11.9. The van der Waals surface area contributed by atoms with Crippen molar-refractivity contribution in [2.45, 2.75) is 23.8 Å². The third-order valence-electron chi connectivity index (χ3n) is 4.25. The molecule has 1 aliphatic rings. The summed E-state index contributed by atoms with van der Waals surface area (Å²) in [4.78, 5) is 20.1. The molecule has 4 nitrogen and oxygen atoms in total. The van der Waals surface area contributed by atoms with E-state index in [0.717, 1.165) is 42.4 Å². The lowest BCUT2D eigenvalue weighted by atomic mass is 10.0. The molecule has 1 aromatic carbocycles. The average Bonchev–Trinajstić information content (AvgIpc) is 2.67. The van der Waals surface area contributed by atoms with Crippen LogP contribution in [0.4, 0.5) is 0 Å². The average molecular weight is 412 g/mol. The van der Waals surface area contributed by atoms with Gasteiger partial charge in [-0.25, -0.2) is 0 Å². The molecule has 0 radical (unpaired) electrons. The molecule has 1 aromatic heterocycles. The Kier molecular flexibility index (Phi) is 8.72. The van der Waals surface area contributed by atoms with E-state index in [1.165, 1.54) is 4.90 Å². The molecule has 0 spiro atoms. The van der Waals surface area contributed by atoms with E-state index in [1.54, 1.807) is 18.0 Å². The van der Waals surface area contributed by atoms with Gasteiger partial charge in [0.05, 0.1) is 6.04 Å². The Morgan fingerprint density at radius 2 is 2.12 bits per heavy atom. The number of benzene rings is 1. The fraction of sp³-hybridized carbons (Fsp3) is 0.368. The van der Waals surface area contributed by atoms with Crippen molar-refractivity contribution in [3.8, 4) is 0 Å². The van der Waals surface area contributed by atoms with Gasteiger partial charge in [0.25, 0.3) is 0 Å². The SMILES string of the molecule is Cl.O=C(CCCSc1ccc(Cl)cc1)N1CCNCC1c1cccnc1. The number of hydrogen-bond acceptors (Lipinski definition) is 4. The largest absolute Gasteiger partial charge is 0.333 e. The first-order chi connectivity index (χ1) is 12.2. The summed E-state index contributed by atoms with van der Waals surface area (Å²) in [7, 11) is 0. The molecule has 1 fully saturated rings. The van der Waals surface area contributed by atoms with Crippen molar-refractivity contribution in [3.05, 3.63) is 59.4 Å². The van der Waals surface area contributed by atoms with Crippen LogP contribution in [0, 0.1) is 0 Å². The molecule has 1 atom stereocenters. The molecule has 2 aromatic rings. The van der Waals surface area contributed by atoms with E-state index in [1.807, 2.05) is 47.5 Å². The highest BCUT2D eigenvalue weighted by Crippen LogP contribution is 2.24. The number of nitrogens with one attached hydrogen (secondary N) is 1. The van der Waals surface area contributed by atoms with Crippen LogP contribution < -0.4 is 5.32 Å². The van der Waals surface area contributed by atoms with Crippen molar-refractivity contribution in [1.29, 1.82) is 0 Å². The molecular formula is C19H23Cl2N3OS. The minimum absolute atomic E-state index is 0. The predicted molar refractivity (Wildman–Crippen MR) is 110 cm³/mol. The second kappa shape index (κ2) is 10.8. The van der Waals surface area contributed by atoms with Crippen LogP contribution in [0.5, 0.6) is 0 Å². The number of nitrogens with zero attached hydrogens (tertiary/aromatic N) is 2. The van der Waals surface area contributed by atoms with Crippen LogP contribution in [0.25, 0.3) is 0 Å². The zero-order chi connectivity index (χ0) is 17.5. The standard InChI is InChI=1S/C19H22ClN3OS.ClH/c20-16-5-7-17(8-6-16)25-12-2-4-19(24)23-11-10-22-14-18(23)15-3-1-9-21-13-15;/h1,3,5-9,13,18,22H,2,4,10-12,14H2;1H. The van der Waals surface area contributed by atoms with Crippen molar-refractivity contribution in [3.63, 3.8) is 0 Å². The Morgan fingerprint density at radius 3 is 2.85 bits per heavy atom. The van der Waals surface area contributed by atoms with Crippen LogP contribution in [0.15, 0.2) is 53.7 Å². The molecule has 26 heavy (non-hydrogen) atoms. The van der Waals surface area contributed by atoms with E-state index in [0.29, 0.717) is 6.42 Å². The second-order valence-corrected chi connectivity index (χ2v) is 7.60. The fourth-order valence-corrected chi connectivity index (χ4v) is 3.94. The predicted octanol–water partition coefficient (Wildman–Crippen LogP) is 4.20. The van der Waals surface area contributed by atoms with E-state index < -0.39 is 0 Å². The summed E-state index contributed by atoms with van der Waals surface area (Å²) < 4.78 is 0. The van der Waals surface area contributed by atoms with Gasteiger partial charge in [0.2, 0.25) is 5.91 Å². The van der Waals surface area contributed by atoms with Gasteiger partial charge in [0.15, 0.2) is 0 Å².